The number of hydrogen-bond donors (Lipinski definition) is 1. The Morgan fingerprint density at radius 2 is 1.71 bits per heavy atom. The normalized spacial score (nSPS) is 9.57. The van der Waals surface area contributed by atoms with Gasteiger partial charge in [-0.1, -0.05) is 5.70 Å². The SMILES string of the molecule is C=C[Si](C)(C)O.[Li]. The molecule has 0 unspecified atom stereocenters. The van der Waals surface area contributed by atoms with Crippen molar-refractivity contribution in [2.24, 2.45) is 0 Å². The average molecular weight is 109 g/mol. The summed E-state index contributed by atoms with van der Waals surface area (Å²) in [4.78, 5) is 8.85. The van der Waals surface area contributed by atoms with E-state index in [1.807, 2.05) is 13.1 Å². The fourth-order valence-corrected chi connectivity index (χ4v) is 0. The Labute approximate surface area is 57.7 Å². The molecule has 1 N–H and O–H groups in total. The zero-order chi connectivity index (χ0) is 5.21. The molecule has 0 spiro atoms. The quantitative estimate of drug-likeness (QED) is 0.487. The molecule has 0 aromatic rings. The molecule has 0 aliphatic heterocycles. The standard InChI is InChI=1S/C4H10OSi.Li/c1-4-6(2,3)5;/h4-5H,1H2,2-3H3;. The minimum Gasteiger partial charge on any atom is -0.428 e. The first-order chi connectivity index (χ1) is 2.56. The largest absolute Gasteiger partial charge is 0.428 e. The summed E-state index contributed by atoms with van der Waals surface area (Å²) in [6.45, 7) is 7.08. The van der Waals surface area contributed by atoms with Crippen molar-refractivity contribution in [3.05, 3.63) is 12.3 Å². The van der Waals surface area contributed by atoms with Gasteiger partial charge in [0.1, 0.15) is 0 Å². The van der Waals surface area contributed by atoms with E-state index in [0.717, 1.165) is 0 Å². The van der Waals surface area contributed by atoms with Gasteiger partial charge in [0.15, 0.2) is 0 Å². The van der Waals surface area contributed by atoms with Crippen molar-refractivity contribution >= 4 is 27.2 Å². The van der Waals surface area contributed by atoms with Crippen LogP contribution in [0.1, 0.15) is 0 Å². The Hall–Kier alpha value is 0.514. The molecule has 0 fully saturated rings. The fourth-order valence-electron chi connectivity index (χ4n) is 0. The van der Waals surface area contributed by atoms with Crippen molar-refractivity contribution in [3.8, 4) is 0 Å². The van der Waals surface area contributed by atoms with Gasteiger partial charge in [0, 0.05) is 18.9 Å². The summed E-state index contributed by atoms with van der Waals surface area (Å²) in [6, 6.07) is 0. The van der Waals surface area contributed by atoms with Gasteiger partial charge in [0.2, 0.25) is 8.32 Å². The number of hydrogen-bond acceptors (Lipinski definition) is 1. The maximum Gasteiger partial charge on any atom is 0.206 e. The molecule has 0 aliphatic rings. The molecule has 0 bridgehead atoms. The van der Waals surface area contributed by atoms with Crippen molar-refractivity contribution in [2.45, 2.75) is 13.1 Å². The third kappa shape index (κ3) is 10.7. The minimum atomic E-state index is -1.87. The number of rotatable bonds is 1. The predicted molar refractivity (Wildman–Crippen MR) is 35.7 cm³/mol. The van der Waals surface area contributed by atoms with Gasteiger partial charge < -0.3 is 4.80 Å². The van der Waals surface area contributed by atoms with Crippen LogP contribution in [0.15, 0.2) is 12.3 Å². The van der Waals surface area contributed by atoms with Gasteiger partial charge in [-0.15, -0.1) is 6.58 Å². The molecule has 1 radical (unpaired) electrons. The van der Waals surface area contributed by atoms with E-state index in [-0.39, 0.29) is 18.9 Å². The summed E-state index contributed by atoms with van der Waals surface area (Å²) < 4.78 is 0. The van der Waals surface area contributed by atoms with E-state index >= 15 is 0 Å². The molecule has 0 aliphatic carbocycles. The fraction of sp³-hybridized carbons (Fsp3) is 0.500. The molecular weight excluding hydrogens is 99.1 g/mol. The molecule has 0 aromatic carbocycles. The van der Waals surface area contributed by atoms with Gasteiger partial charge >= 0.3 is 0 Å². The summed E-state index contributed by atoms with van der Waals surface area (Å²) in [5.41, 5.74) is 1.63. The maximum atomic E-state index is 8.85. The molecular formula is C4H10LiOSi. The summed E-state index contributed by atoms with van der Waals surface area (Å²) in [6.07, 6.45) is 0. The van der Waals surface area contributed by atoms with E-state index in [4.69, 9.17) is 4.80 Å². The van der Waals surface area contributed by atoms with Crippen molar-refractivity contribution in [1.29, 1.82) is 0 Å². The summed E-state index contributed by atoms with van der Waals surface area (Å²) >= 11 is 0. The molecule has 1 nitrogen and oxygen atoms in total. The summed E-state index contributed by atoms with van der Waals surface area (Å²) in [7, 11) is -1.87. The van der Waals surface area contributed by atoms with Gasteiger partial charge in [0.25, 0.3) is 0 Å². The molecule has 0 aromatic heterocycles. The molecule has 0 saturated carbocycles. The van der Waals surface area contributed by atoms with E-state index in [1.54, 1.807) is 5.70 Å². The first-order valence-electron chi connectivity index (χ1n) is 1.92. The van der Waals surface area contributed by atoms with Crippen molar-refractivity contribution < 1.29 is 4.80 Å². The maximum absolute atomic E-state index is 8.85. The minimum absolute atomic E-state index is 0. The molecule has 0 rings (SSSR count). The third-order valence-corrected chi connectivity index (χ3v) is 1.50. The van der Waals surface area contributed by atoms with Crippen LogP contribution in [0, 0.1) is 0 Å². The monoisotopic (exact) mass is 109 g/mol. The first kappa shape index (κ1) is 10.5. The van der Waals surface area contributed by atoms with Crippen LogP contribution in [-0.2, 0) is 0 Å². The van der Waals surface area contributed by atoms with E-state index < -0.39 is 8.32 Å². The topological polar surface area (TPSA) is 20.2 Å². The van der Waals surface area contributed by atoms with E-state index in [0.29, 0.717) is 0 Å². The van der Waals surface area contributed by atoms with Crippen molar-refractivity contribution in [1.82, 2.24) is 0 Å². The molecule has 37 valence electrons. The van der Waals surface area contributed by atoms with Gasteiger partial charge in [-0.2, -0.15) is 0 Å². The Kier molecular flexibility index (Phi) is 5.26. The molecule has 0 heterocycles. The second-order valence-corrected chi connectivity index (χ2v) is 5.57. The molecule has 7 heavy (non-hydrogen) atoms. The second-order valence-electron chi connectivity index (χ2n) is 1.86. The van der Waals surface area contributed by atoms with Gasteiger partial charge in [-0.25, -0.2) is 0 Å². The van der Waals surface area contributed by atoms with Crippen LogP contribution < -0.4 is 0 Å². The summed E-state index contributed by atoms with van der Waals surface area (Å²) in [5, 5.41) is 0. The van der Waals surface area contributed by atoms with E-state index in [2.05, 4.69) is 6.58 Å². The van der Waals surface area contributed by atoms with Crippen LogP contribution in [0.4, 0.5) is 0 Å². The summed E-state index contributed by atoms with van der Waals surface area (Å²) in [5.74, 6) is 0. The van der Waals surface area contributed by atoms with Gasteiger partial charge in [-0.3, -0.25) is 0 Å². The van der Waals surface area contributed by atoms with Crippen LogP contribution in [-0.4, -0.2) is 32.0 Å². The van der Waals surface area contributed by atoms with Gasteiger partial charge in [-0.05, 0) is 13.1 Å². The Morgan fingerprint density at radius 3 is 1.71 bits per heavy atom. The van der Waals surface area contributed by atoms with Crippen LogP contribution >= 0.6 is 0 Å². The third-order valence-electron chi connectivity index (χ3n) is 0.500. The van der Waals surface area contributed by atoms with E-state index in [1.165, 1.54) is 0 Å². The second kappa shape index (κ2) is 3.51. The Balaban J connectivity index is 0. The Bertz CT molecular complexity index is 57.2. The zero-order valence-electron chi connectivity index (χ0n) is 5.23. The molecule has 3 heteroatoms. The first-order valence-corrected chi connectivity index (χ1v) is 4.95. The molecule has 0 saturated heterocycles. The van der Waals surface area contributed by atoms with Crippen LogP contribution in [0.25, 0.3) is 0 Å². The average Bonchev–Trinajstić information content (AvgIpc) is 1.35. The Morgan fingerprint density at radius 1 is 1.57 bits per heavy atom. The van der Waals surface area contributed by atoms with Crippen molar-refractivity contribution in [2.75, 3.05) is 0 Å². The van der Waals surface area contributed by atoms with Crippen LogP contribution in [0.2, 0.25) is 13.1 Å². The predicted octanol–water partition coefficient (Wildman–Crippen LogP) is 0.528. The van der Waals surface area contributed by atoms with Crippen molar-refractivity contribution in [3.63, 3.8) is 0 Å². The van der Waals surface area contributed by atoms with Gasteiger partial charge in [0.05, 0.1) is 0 Å². The zero-order valence-corrected chi connectivity index (χ0v) is 6.23. The van der Waals surface area contributed by atoms with Crippen LogP contribution in [0.3, 0.4) is 0 Å². The van der Waals surface area contributed by atoms with Crippen LogP contribution in [0.5, 0.6) is 0 Å². The molecule has 0 amide bonds. The smallest absolute Gasteiger partial charge is 0.206 e. The van der Waals surface area contributed by atoms with E-state index in [9.17, 15) is 0 Å². The molecule has 0 atom stereocenters.